The first-order valence-corrected chi connectivity index (χ1v) is 23.6. The summed E-state index contributed by atoms with van der Waals surface area (Å²) in [6.07, 6.45) is 0. The average Bonchev–Trinajstić information content (AvgIpc) is 3.94. The van der Waals surface area contributed by atoms with E-state index in [4.69, 9.17) is 8.83 Å². The van der Waals surface area contributed by atoms with Crippen molar-refractivity contribution in [3.8, 4) is 28.3 Å². The molecule has 0 unspecified atom stereocenters. The van der Waals surface area contributed by atoms with Gasteiger partial charge in [-0.1, -0.05) is 146 Å². The highest BCUT2D eigenvalue weighted by molar-refractivity contribution is 6.22. The second-order valence-electron chi connectivity index (χ2n) is 18.1. The van der Waals surface area contributed by atoms with E-state index in [1.807, 2.05) is 6.07 Å². The quantitative estimate of drug-likeness (QED) is 0.152. The van der Waals surface area contributed by atoms with E-state index in [-0.39, 0.29) is 0 Å². The van der Waals surface area contributed by atoms with Gasteiger partial charge in [0.25, 0.3) is 0 Å². The molecule has 0 bridgehead atoms. The molecule has 5 nitrogen and oxygen atoms in total. The summed E-state index contributed by atoms with van der Waals surface area (Å²) in [6, 6.07) is 81.6. The zero-order chi connectivity index (χ0) is 46.9. The topological polar surface area (TPSA) is 56.6 Å². The van der Waals surface area contributed by atoms with Gasteiger partial charge >= 0.3 is 0 Å². The maximum Gasteiger partial charge on any atom is 0.140 e. The van der Waals surface area contributed by atoms with Crippen molar-refractivity contribution < 1.29 is 8.83 Å². The highest BCUT2D eigenvalue weighted by Gasteiger charge is 2.24. The molecule has 13 aromatic rings. The van der Waals surface area contributed by atoms with Gasteiger partial charge in [0.1, 0.15) is 28.4 Å². The lowest BCUT2D eigenvalue weighted by molar-refractivity contribution is 0.656. The molecule has 0 spiro atoms. The van der Waals surface area contributed by atoms with Crippen molar-refractivity contribution in [1.29, 1.82) is 5.26 Å². The molecule has 0 N–H and O–H groups in total. The van der Waals surface area contributed by atoms with E-state index >= 15 is 0 Å². The molecule has 0 saturated heterocycles. The fourth-order valence-corrected chi connectivity index (χ4v) is 10.6. The Bertz CT molecular complexity index is 3970. The zero-order valence-corrected chi connectivity index (χ0v) is 38.5. The lowest BCUT2D eigenvalue weighted by Gasteiger charge is -2.29. The highest BCUT2D eigenvalue weighted by Crippen LogP contribution is 2.47. The van der Waals surface area contributed by atoms with Gasteiger partial charge in [-0.05, 0) is 130 Å². The lowest BCUT2D eigenvalue weighted by atomic mass is 9.97. The van der Waals surface area contributed by atoms with Crippen LogP contribution in [0.1, 0.15) is 16.7 Å². The molecule has 13 rings (SSSR count). The fourth-order valence-electron chi connectivity index (χ4n) is 10.6. The minimum Gasteiger partial charge on any atom is -0.456 e. The predicted molar refractivity (Wildman–Crippen MR) is 290 cm³/mol. The van der Waals surface area contributed by atoms with Gasteiger partial charge in [-0.15, -0.1) is 0 Å². The Balaban J connectivity index is 0.938. The summed E-state index contributed by atoms with van der Waals surface area (Å²) in [7, 11) is 0. The molecular formula is C65H43N3O2. The first kappa shape index (κ1) is 40.9. The Morgan fingerprint density at radius 1 is 0.357 bits per heavy atom. The van der Waals surface area contributed by atoms with Crippen LogP contribution in [0.5, 0.6) is 0 Å². The van der Waals surface area contributed by atoms with Crippen molar-refractivity contribution in [2.45, 2.75) is 13.8 Å². The maximum absolute atomic E-state index is 11.1. The third kappa shape index (κ3) is 6.69. The van der Waals surface area contributed by atoms with E-state index in [2.05, 4.69) is 248 Å². The zero-order valence-electron chi connectivity index (χ0n) is 38.5. The molecule has 0 amide bonds. The number of fused-ring (bicyclic) bond motifs is 8. The van der Waals surface area contributed by atoms with Crippen LogP contribution < -0.4 is 9.80 Å². The fraction of sp³-hybridized carbons (Fsp3) is 0.0308. The Morgan fingerprint density at radius 2 is 0.757 bits per heavy atom. The number of nitrogens with zero attached hydrogens (tertiary/aromatic N) is 3. The first-order valence-electron chi connectivity index (χ1n) is 23.6. The first-order chi connectivity index (χ1) is 34.5. The highest BCUT2D eigenvalue weighted by atomic mass is 16.3. The number of benzene rings is 11. The summed E-state index contributed by atoms with van der Waals surface area (Å²) in [6.45, 7) is 4.32. The molecule has 330 valence electrons. The minimum absolute atomic E-state index is 0.545. The molecule has 11 aromatic carbocycles. The summed E-state index contributed by atoms with van der Waals surface area (Å²) < 4.78 is 13.4. The maximum atomic E-state index is 11.1. The van der Waals surface area contributed by atoms with Gasteiger partial charge in [0, 0.05) is 61.5 Å². The lowest BCUT2D eigenvalue weighted by Crippen LogP contribution is -2.12. The number of furan rings is 2. The van der Waals surface area contributed by atoms with Gasteiger partial charge < -0.3 is 18.6 Å². The van der Waals surface area contributed by atoms with Gasteiger partial charge in [0.15, 0.2) is 0 Å². The van der Waals surface area contributed by atoms with E-state index in [1.54, 1.807) is 0 Å². The van der Waals surface area contributed by atoms with Crippen molar-refractivity contribution in [2.75, 3.05) is 9.80 Å². The molecule has 0 saturated carbocycles. The number of aryl methyl sites for hydroxylation is 2. The molecule has 0 fully saturated rings. The molecule has 70 heavy (non-hydrogen) atoms. The largest absolute Gasteiger partial charge is 0.456 e. The predicted octanol–water partition coefficient (Wildman–Crippen LogP) is 18.6. The van der Waals surface area contributed by atoms with Crippen LogP contribution in [0.2, 0.25) is 0 Å². The molecule has 0 aliphatic carbocycles. The summed E-state index contributed by atoms with van der Waals surface area (Å²) >= 11 is 0. The third-order valence-corrected chi connectivity index (χ3v) is 13.9. The number of para-hydroxylation sites is 4. The molecule has 2 heterocycles. The van der Waals surface area contributed by atoms with E-state index in [0.29, 0.717) is 27.9 Å². The Morgan fingerprint density at radius 3 is 1.19 bits per heavy atom. The monoisotopic (exact) mass is 897 g/mol. The number of nitriles is 1. The van der Waals surface area contributed by atoms with E-state index in [0.717, 1.165) is 99.5 Å². The summed E-state index contributed by atoms with van der Waals surface area (Å²) in [4.78, 5) is 4.70. The van der Waals surface area contributed by atoms with E-state index in [9.17, 15) is 5.26 Å². The van der Waals surface area contributed by atoms with Crippen LogP contribution in [-0.2, 0) is 0 Å². The van der Waals surface area contributed by atoms with Crippen LogP contribution in [0.3, 0.4) is 0 Å². The normalized spacial score (nSPS) is 11.6. The van der Waals surface area contributed by atoms with Crippen molar-refractivity contribution in [3.63, 3.8) is 0 Å². The van der Waals surface area contributed by atoms with Gasteiger partial charge in [0.05, 0.1) is 16.9 Å². The Kier molecular flexibility index (Phi) is 9.60. The second-order valence-corrected chi connectivity index (χ2v) is 18.1. The van der Waals surface area contributed by atoms with Crippen LogP contribution in [0.25, 0.3) is 87.7 Å². The van der Waals surface area contributed by atoms with E-state index in [1.165, 1.54) is 11.1 Å². The van der Waals surface area contributed by atoms with Crippen molar-refractivity contribution in [3.05, 3.63) is 241 Å². The number of hydrogen-bond acceptors (Lipinski definition) is 5. The van der Waals surface area contributed by atoms with Gasteiger partial charge in [0.2, 0.25) is 0 Å². The van der Waals surface area contributed by atoms with Gasteiger partial charge in [-0.25, -0.2) is 0 Å². The third-order valence-electron chi connectivity index (χ3n) is 13.9. The molecule has 0 aliphatic rings. The van der Waals surface area contributed by atoms with Crippen molar-refractivity contribution in [1.82, 2.24) is 0 Å². The van der Waals surface area contributed by atoms with Crippen LogP contribution in [0.4, 0.5) is 34.1 Å². The summed E-state index contributed by atoms with van der Waals surface area (Å²) in [5.41, 5.74) is 16.6. The average molecular weight is 898 g/mol. The van der Waals surface area contributed by atoms with Crippen molar-refractivity contribution in [2.24, 2.45) is 0 Å². The molecule has 5 heteroatoms. The van der Waals surface area contributed by atoms with Crippen LogP contribution in [-0.4, -0.2) is 0 Å². The minimum atomic E-state index is 0.545. The van der Waals surface area contributed by atoms with Crippen LogP contribution in [0.15, 0.2) is 233 Å². The van der Waals surface area contributed by atoms with E-state index < -0.39 is 0 Å². The molecule has 0 atom stereocenters. The second kappa shape index (κ2) is 16.4. The summed E-state index contributed by atoms with van der Waals surface area (Å²) in [5, 5.41) is 18.6. The Hall–Kier alpha value is -9.37. The molecule has 0 radical (unpaired) electrons. The SMILES string of the molecule is Cc1ccccc1N(c1ccc2cc3c(cc2c1)oc1cc2oc4cc5cc(N(c6ccccc6C)c6ccccc6-c6ccccc6)ccc5cc4c2c(C#N)c13)c1ccccc1-c1ccccc1. The summed E-state index contributed by atoms with van der Waals surface area (Å²) in [5.74, 6) is 0. The van der Waals surface area contributed by atoms with Crippen LogP contribution in [0, 0.1) is 25.2 Å². The van der Waals surface area contributed by atoms with Gasteiger partial charge in [-0.3, -0.25) is 0 Å². The smallest absolute Gasteiger partial charge is 0.140 e. The number of anilines is 6. The van der Waals surface area contributed by atoms with Crippen molar-refractivity contribution >= 4 is 99.5 Å². The standard InChI is InChI=1S/C65H43N3O2/c1-41-17-9-13-25-56(41)67(58-27-15-11-23-51(58)43-19-5-3-6-20-43)49-31-29-45-35-53-60(37-47(45)33-49)69-62-39-63-65(55(40-66)64(53)62)54-36-46-30-32-50(34-48(46)38-61(54)70-63)68(57-26-14-10-18-42(57)2)59-28-16-12-24-52(59)44-21-7-4-8-22-44/h3-39H,1-2H3. The number of rotatable bonds is 8. The molecule has 0 aliphatic heterocycles. The van der Waals surface area contributed by atoms with Crippen LogP contribution >= 0.6 is 0 Å². The molecule has 2 aromatic heterocycles. The number of hydrogen-bond donors (Lipinski definition) is 0. The Labute approximate surface area is 404 Å². The molecular weight excluding hydrogens is 855 g/mol. The van der Waals surface area contributed by atoms with Gasteiger partial charge in [-0.2, -0.15) is 5.26 Å².